The second-order valence-corrected chi connectivity index (χ2v) is 4.05. The predicted molar refractivity (Wildman–Crippen MR) is 75.4 cm³/mol. The lowest BCUT2D eigenvalue weighted by Gasteiger charge is -2.03. The van der Waals surface area contributed by atoms with Crippen LogP contribution in [0.1, 0.15) is 5.56 Å². The van der Waals surface area contributed by atoms with Gasteiger partial charge in [0.15, 0.2) is 0 Å². The molecule has 2 aromatic rings. The van der Waals surface area contributed by atoms with Crippen LogP contribution in [0.5, 0.6) is 0 Å². The van der Waals surface area contributed by atoms with Gasteiger partial charge in [-0.2, -0.15) is 5.10 Å². The zero-order valence-electron chi connectivity index (χ0n) is 9.88. The van der Waals surface area contributed by atoms with Crippen molar-refractivity contribution in [3.05, 3.63) is 59.4 Å². The summed E-state index contributed by atoms with van der Waals surface area (Å²) >= 11 is 5.81. The Morgan fingerprint density at radius 1 is 1.26 bits per heavy atom. The number of amides is 2. The van der Waals surface area contributed by atoms with Crippen LogP contribution in [0, 0.1) is 0 Å². The van der Waals surface area contributed by atoms with Crippen LogP contribution in [0.15, 0.2) is 53.9 Å². The first-order valence-electron chi connectivity index (χ1n) is 5.50. The van der Waals surface area contributed by atoms with Crippen LogP contribution in [0.25, 0.3) is 0 Å². The summed E-state index contributed by atoms with van der Waals surface area (Å²) in [5.74, 6) is 0. The summed E-state index contributed by atoms with van der Waals surface area (Å²) in [6.45, 7) is 0. The quantitative estimate of drug-likeness (QED) is 0.667. The summed E-state index contributed by atoms with van der Waals surface area (Å²) in [7, 11) is 0. The van der Waals surface area contributed by atoms with Gasteiger partial charge in [0.05, 0.1) is 6.21 Å². The molecule has 1 aromatic carbocycles. The van der Waals surface area contributed by atoms with Gasteiger partial charge < -0.3 is 5.32 Å². The highest BCUT2D eigenvalue weighted by Gasteiger charge is 1.99. The Hall–Kier alpha value is -2.40. The molecule has 96 valence electrons. The van der Waals surface area contributed by atoms with Crippen LogP contribution in [-0.2, 0) is 0 Å². The summed E-state index contributed by atoms with van der Waals surface area (Å²) in [6, 6.07) is 9.98. The molecule has 6 heteroatoms. The Balaban J connectivity index is 1.87. The molecule has 0 aliphatic heterocycles. The molecule has 19 heavy (non-hydrogen) atoms. The molecule has 0 aliphatic rings. The first kappa shape index (κ1) is 13.0. The molecular weight excluding hydrogens is 264 g/mol. The fourth-order valence-corrected chi connectivity index (χ4v) is 1.53. The van der Waals surface area contributed by atoms with Crippen LogP contribution in [0.4, 0.5) is 10.5 Å². The van der Waals surface area contributed by atoms with E-state index in [9.17, 15) is 4.79 Å². The highest BCUT2D eigenvalue weighted by Crippen LogP contribution is 2.14. The third kappa shape index (κ3) is 4.40. The number of anilines is 1. The Bertz CT molecular complexity index is 586. The molecule has 5 nitrogen and oxygen atoms in total. The maximum atomic E-state index is 11.5. The molecule has 2 N–H and O–H groups in total. The number of carbonyl (C=O) groups excluding carboxylic acids is 1. The maximum absolute atomic E-state index is 11.5. The van der Waals surface area contributed by atoms with Crippen molar-refractivity contribution < 1.29 is 4.79 Å². The monoisotopic (exact) mass is 274 g/mol. The van der Waals surface area contributed by atoms with Crippen molar-refractivity contribution in [1.82, 2.24) is 10.4 Å². The van der Waals surface area contributed by atoms with Crippen molar-refractivity contribution in [3.63, 3.8) is 0 Å². The number of carbonyl (C=O) groups is 1. The fraction of sp³-hybridized carbons (Fsp3) is 0. The molecule has 0 spiro atoms. The number of hydrazone groups is 1. The molecule has 1 heterocycles. The molecule has 0 saturated carbocycles. The van der Waals surface area contributed by atoms with Gasteiger partial charge in [-0.25, -0.2) is 10.2 Å². The van der Waals surface area contributed by atoms with Crippen LogP contribution < -0.4 is 10.7 Å². The van der Waals surface area contributed by atoms with Gasteiger partial charge in [-0.3, -0.25) is 4.98 Å². The number of nitrogens with one attached hydrogen (secondary N) is 2. The second-order valence-electron chi connectivity index (χ2n) is 3.62. The van der Waals surface area contributed by atoms with E-state index in [0.717, 1.165) is 5.56 Å². The van der Waals surface area contributed by atoms with E-state index >= 15 is 0 Å². The number of benzene rings is 1. The second kappa shape index (κ2) is 6.51. The van der Waals surface area contributed by atoms with E-state index in [2.05, 4.69) is 20.8 Å². The Labute approximate surface area is 115 Å². The zero-order chi connectivity index (χ0) is 13.5. The molecule has 0 bridgehead atoms. The van der Waals surface area contributed by atoms with E-state index in [1.807, 2.05) is 0 Å². The Morgan fingerprint density at radius 3 is 2.79 bits per heavy atom. The van der Waals surface area contributed by atoms with E-state index in [1.165, 1.54) is 6.21 Å². The van der Waals surface area contributed by atoms with Gasteiger partial charge in [0.25, 0.3) is 0 Å². The number of nitrogens with zero attached hydrogens (tertiary/aromatic N) is 2. The molecule has 2 amide bonds. The summed E-state index contributed by atoms with van der Waals surface area (Å²) in [4.78, 5) is 15.4. The molecule has 0 saturated heterocycles. The van der Waals surface area contributed by atoms with E-state index in [1.54, 1.807) is 48.8 Å². The van der Waals surface area contributed by atoms with Gasteiger partial charge in [0, 0.05) is 23.1 Å². The largest absolute Gasteiger partial charge is 0.339 e. The minimum absolute atomic E-state index is 0.437. The van der Waals surface area contributed by atoms with Crippen molar-refractivity contribution in [2.45, 2.75) is 0 Å². The number of urea groups is 1. The topological polar surface area (TPSA) is 66.4 Å². The molecule has 2 rings (SSSR count). The van der Waals surface area contributed by atoms with Gasteiger partial charge >= 0.3 is 6.03 Å². The van der Waals surface area contributed by atoms with E-state index in [0.29, 0.717) is 10.7 Å². The summed E-state index contributed by atoms with van der Waals surface area (Å²) < 4.78 is 0. The van der Waals surface area contributed by atoms with Crippen LogP contribution in [0.3, 0.4) is 0 Å². The summed E-state index contributed by atoms with van der Waals surface area (Å²) in [5.41, 5.74) is 3.80. The molecule has 0 unspecified atom stereocenters. The third-order valence-electron chi connectivity index (χ3n) is 2.17. The van der Waals surface area contributed by atoms with Crippen LogP contribution >= 0.6 is 11.6 Å². The highest BCUT2D eigenvalue weighted by molar-refractivity contribution is 6.30. The lowest BCUT2D eigenvalue weighted by atomic mass is 10.3. The van der Waals surface area contributed by atoms with Gasteiger partial charge in [-0.15, -0.1) is 0 Å². The van der Waals surface area contributed by atoms with Gasteiger partial charge in [-0.05, 0) is 35.9 Å². The molecular formula is C13H11ClN4O. The van der Waals surface area contributed by atoms with Crippen molar-refractivity contribution >= 4 is 29.5 Å². The van der Waals surface area contributed by atoms with Gasteiger partial charge in [0.1, 0.15) is 0 Å². The van der Waals surface area contributed by atoms with Gasteiger partial charge in [0.2, 0.25) is 0 Å². The average Bonchev–Trinajstić information content (AvgIpc) is 2.40. The number of pyridine rings is 1. The first-order chi connectivity index (χ1) is 9.24. The number of hydrogen-bond donors (Lipinski definition) is 2. The van der Waals surface area contributed by atoms with E-state index < -0.39 is 6.03 Å². The normalized spacial score (nSPS) is 10.4. The minimum atomic E-state index is -0.437. The zero-order valence-corrected chi connectivity index (χ0v) is 10.6. The van der Waals surface area contributed by atoms with Crippen molar-refractivity contribution in [3.8, 4) is 0 Å². The van der Waals surface area contributed by atoms with Crippen molar-refractivity contribution in [2.24, 2.45) is 5.10 Å². The lowest BCUT2D eigenvalue weighted by Crippen LogP contribution is -2.24. The number of hydrogen-bond acceptors (Lipinski definition) is 3. The van der Waals surface area contributed by atoms with Crippen LogP contribution in [-0.4, -0.2) is 17.2 Å². The minimum Gasteiger partial charge on any atom is -0.306 e. The maximum Gasteiger partial charge on any atom is 0.339 e. The average molecular weight is 275 g/mol. The number of rotatable bonds is 3. The molecule has 0 radical (unpaired) electrons. The van der Waals surface area contributed by atoms with Crippen molar-refractivity contribution in [2.75, 3.05) is 5.32 Å². The first-order valence-corrected chi connectivity index (χ1v) is 5.87. The molecule has 0 atom stereocenters. The molecule has 0 aliphatic carbocycles. The van der Waals surface area contributed by atoms with E-state index in [-0.39, 0.29) is 0 Å². The lowest BCUT2D eigenvalue weighted by molar-refractivity contribution is 0.252. The molecule has 0 fully saturated rings. The summed E-state index contributed by atoms with van der Waals surface area (Å²) in [6.07, 6.45) is 4.82. The Kier molecular flexibility index (Phi) is 4.47. The SMILES string of the molecule is O=C(NN=Cc1ccncc1)Nc1cccc(Cl)c1. The number of halogens is 1. The number of aromatic nitrogens is 1. The predicted octanol–water partition coefficient (Wildman–Crippen LogP) is 2.89. The summed E-state index contributed by atoms with van der Waals surface area (Å²) in [5, 5.41) is 6.97. The van der Waals surface area contributed by atoms with Gasteiger partial charge in [-0.1, -0.05) is 17.7 Å². The van der Waals surface area contributed by atoms with E-state index in [4.69, 9.17) is 11.6 Å². The highest BCUT2D eigenvalue weighted by atomic mass is 35.5. The van der Waals surface area contributed by atoms with Crippen LogP contribution in [0.2, 0.25) is 5.02 Å². The standard InChI is InChI=1S/C13H11ClN4O/c14-11-2-1-3-12(8-11)17-13(19)18-16-9-10-4-6-15-7-5-10/h1-9H,(H2,17,18,19). The Morgan fingerprint density at radius 2 is 2.05 bits per heavy atom. The van der Waals surface area contributed by atoms with Crippen molar-refractivity contribution in [1.29, 1.82) is 0 Å². The fourth-order valence-electron chi connectivity index (χ4n) is 1.34. The third-order valence-corrected chi connectivity index (χ3v) is 2.40. The smallest absolute Gasteiger partial charge is 0.306 e. The molecule has 1 aromatic heterocycles.